The normalized spacial score (nSPS) is 12.8. The van der Waals surface area contributed by atoms with Crippen LogP contribution in [0, 0.1) is 0 Å². The summed E-state index contributed by atoms with van der Waals surface area (Å²) in [6.45, 7) is 8.24. The maximum absolute atomic E-state index is 10.7. The predicted molar refractivity (Wildman–Crippen MR) is 70.7 cm³/mol. The van der Waals surface area contributed by atoms with Crippen molar-refractivity contribution in [3.05, 3.63) is 28.8 Å². The molecule has 0 aliphatic carbocycles. The second-order valence-electron chi connectivity index (χ2n) is 4.89. The molecule has 1 rings (SSSR count). The summed E-state index contributed by atoms with van der Waals surface area (Å²) >= 11 is 0. The summed E-state index contributed by atoms with van der Waals surface area (Å²) in [4.78, 5) is 10.7. The fourth-order valence-corrected chi connectivity index (χ4v) is 2.24. The van der Waals surface area contributed by atoms with Crippen LogP contribution in [0.1, 0.15) is 62.6 Å². The van der Waals surface area contributed by atoms with E-state index in [2.05, 4.69) is 19.9 Å². The number of phenolic OH excluding ortho intramolecular Hbond substituents is 1. The highest BCUT2D eigenvalue weighted by Crippen LogP contribution is 2.37. The quantitative estimate of drug-likeness (QED) is 0.787. The Kier molecular flexibility index (Phi) is 4.73. The monoisotopic (exact) mass is 234 g/mol. The van der Waals surface area contributed by atoms with Gasteiger partial charge in [0.1, 0.15) is 12.0 Å². The van der Waals surface area contributed by atoms with Gasteiger partial charge in [0.25, 0.3) is 0 Å². The van der Waals surface area contributed by atoms with Crippen molar-refractivity contribution >= 4 is 6.29 Å². The molecular weight excluding hydrogens is 212 g/mol. The minimum Gasteiger partial charge on any atom is -0.507 e. The highest BCUT2D eigenvalue weighted by atomic mass is 16.3. The van der Waals surface area contributed by atoms with E-state index >= 15 is 0 Å². The van der Waals surface area contributed by atoms with Gasteiger partial charge in [-0.1, -0.05) is 39.8 Å². The number of rotatable bonds is 5. The van der Waals surface area contributed by atoms with Crippen LogP contribution < -0.4 is 0 Å². The van der Waals surface area contributed by atoms with Crippen LogP contribution in [0.25, 0.3) is 0 Å². The summed E-state index contributed by atoms with van der Waals surface area (Å²) in [6.07, 6.45) is 2.19. The van der Waals surface area contributed by atoms with Crippen molar-refractivity contribution in [3.63, 3.8) is 0 Å². The van der Waals surface area contributed by atoms with Crippen LogP contribution in [0.15, 0.2) is 12.1 Å². The minimum absolute atomic E-state index is 0.0800. The van der Waals surface area contributed by atoms with E-state index in [1.54, 1.807) is 0 Å². The highest BCUT2D eigenvalue weighted by molar-refractivity contribution is 5.55. The Morgan fingerprint density at radius 1 is 1.29 bits per heavy atom. The van der Waals surface area contributed by atoms with E-state index in [1.807, 2.05) is 19.9 Å². The van der Waals surface area contributed by atoms with E-state index in [9.17, 15) is 9.90 Å². The van der Waals surface area contributed by atoms with Crippen molar-refractivity contribution < 1.29 is 9.90 Å². The average molecular weight is 234 g/mol. The fraction of sp³-hybridized carbons (Fsp3) is 0.533. The Bertz CT molecular complexity index is 394. The molecule has 1 unspecified atom stereocenters. The Morgan fingerprint density at radius 2 is 1.94 bits per heavy atom. The Labute approximate surface area is 104 Å². The van der Waals surface area contributed by atoms with Gasteiger partial charge in [0, 0.05) is 12.0 Å². The van der Waals surface area contributed by atoms with E-state index < -0.39 is 0 Å². The lowest BCUT2D eigenvalue weighted by molar-refractivity contribution is -0.108. The van der Waals surface area contributed by atoms with Gasteiger partial charge in [-0.2, -0.15) is 0 Å². The zero-order valence-corrected chi connectivity index (χ0v) is 11.2. The number of aldehydes is 1. The van der Waals surface area contributed by atoms with Crippen LogP contribution in [-0.2, 0) is 11.2 Å². The maximum atomic E-state index is 10.7. The van der Waals surface area contributed by atoms with Gasteiger partial charge in [-0.05, 0) is 29.4 Å². The molecule has 0 bridgehead atoms. The van der Waals surface area contributed by atoms with Crippen molar-refractivity contribution in [1.82, 2.24) is 0 Å². The first-order valence-corrected chi connectivity index (χ1v) is 6.31. The number of carbonyl (C=O) groups is 1. The molecule has 94 valence electrons. The van der Waals surface area contributed by atoms with Gasteiger partial charge in [-0.25, -0.2) is 0 Å². The number of carbonyl (C=O) groups excluding carboxylic acids is 1. The first-order valence-electron chi connectivity index (χ1n) is 6.31. The first-order chi connectivity index (χ1) is 8.02. The van der Waals surface area contributed by atoms with Gasteiger partial charge >= 0.3 is 0 Å². The topological polar surface area (TPSA) is 37.3 Å². The standard InChI is InChI=1S/C15H22O2/c1-5-12-6-7-13(10(2)3)14(15(12)17)11(4)8-9-16/h6-7,9-11,17H,5,8H2,1-4H3. The van der Waals surface area contributed by atoms with E-state index in [4.69, 9.17) is 0 Å². The third-order valence-corrected chi connectivity index (χ3v) is 3.28. The molecule has 0 aliphatic heterocycles. The molecule has 0 fully saturated rings. The first kappa shape index (κ1) is 13.8. The molecule has 1 N–H and O–H groups in total. The van der Waals surface area contributed by atoms with E-state index in [1.165, 1.54) is 0 Å². The largest absolute Gasteiger partial charge is 0.507 e. The lowest BCUT2D eigenvalue weighted by Crippen LogP contribution is -2.04. The van der Waals surface area contributed by atoms with Crippen molar-refractivity contribution in [2.45, 2.75) is 52.4 Å². The second-order valence-corrected chi connectivity index (χ2v) is 4.89. The number of phenols is 1. The molecular formula is C15H22O2. The summed E-state index contributed by atoms with van der Waals surface area (Å²) in [5.41, 5.74) is 3.06. The maximum Gasteiger partial charge on any atom is 0.122 e. The summed E-state index contributed by atoms with van der Waals surface area (Å²) in [6, 6.07) is 4.07. The molecule has 0 saturated carbocycles. The van der Waals surface area contributed by atoms with Crippen LogP contribution in [-0.4, -0.2) is 11.4 Å². The lowest BCUT2D eigenvalue weighted by atomic mass is 9.85. The molecule has 0 aliphatic rings. The van der Waals surface area contributed by atoms with E-state index in [0.717, 1.165) is 29.4 Å². The van der Waals surface area contributed by atoms with Crippen molar-refractivity contribution in [3.8, 4) is 5.75 Å². The van der Waals surface area contributed by atoms with Crippen LogP contribution in [0.2, 0.25) is 0 Å². The summed E-state index contributed by atoms with van der Waals surface area (Å²) in [7, 11) is 0. The summed E-state index contributed by atoms with van der Waals surface area (Å²) in [5.74, 6) is 0.820. The van der Waals surface area contributed by atoms with Gasteiger partial charge in [0.2, 0.25) is 0 Å². The number of aryl methyl sites for hydroxylation is 1. The SMILES string of the molecule is CCc1ccc(C(C)C)c(C(C)CC=O)c1O. The molecule has 0 amide bonds. The highest BCUT2D eigenvalue weighted by Gasteiger charge is 2.19. The van der Waals surface area contributed by atoms with Gasteiger partial charge in [-0.3, -0.25) is 0 Å². The number of hydrogen-bond donors (Lipinski definition) is 1. The predicted octanol–water partition coefficient (Wildman–Crippen LogP) is 3.77. The fourth-order valence-electron chi connectivity index (χ4n) is 2.24. The molecule has 1 aromatic rings. The number of hydrogen-bond acceptors (Lipinski definition) is 2. The molecule has 0 aromatic heterocycles. The number of benzene rings is 1. The van der Waals surface area contributed by atoms with Crippen molar-refractivity contribution in [2.24, 2.45) is 0 Å². The van der Waals surface area contributed by atoms with E-state index in [0.29, 0.717) is 18.1 Å². The van der Waals surface area contributed by atoms with Crippen LogP contribution in [0.5, 0.6) is 5.75 Å². The molecule has 2 nitrogen and oxygen atoms in total. The average Bonchev–Trinajstić information content (AvgIpc) is 2.28. The second kappa shape index (κ2) is 5.85. The van der Waals surface area contributed by atoms with Gasteiger partial charge in [-0.15, -0.1) is 0 Å². The molecule has 0 heterocycles. The molecule has 1 aromatic carbocycles. The van der Waals surface area contributed by atoms with E-state index in [-0.39, 0.29) is 5.92 Å². The zero-order valence-electron chi connectivity index (χ0n) is 11.2. The molecule has 17 heavy (non-hydrogen) atoms. The Hall–Kier alpha value is -1.31. The van der Waals surface area contributed by atoms with Crippen LogP contribution in [0.4, 0.5) is 0 Å². The molecule has 2 heteroatoms. The van der Waals surface area contributed by atoms with Crippen LogP contribution >= 0.6 is 0 Å². The summed E-state index contributed by atoms with van der Waals surface area (Å²) in [5, 5.41) is 10.3. The van der Waals surface area contributed by atoms with Crippen LogP contribution in [0.3, 0.4) is 0 Å². The van der Waals surface area contributed by atoms with Crippen molar-refractivity contribution in [2.75, 3.05) is 0 Å². The molecule has 0 saturated heterocycles. The zero-order chi connectivity index (χ0) is 13.0. The molecule has 0 radical (unpaired) electrons. The smallest absolute Gasteiger partial charge is 0.122 e. The summed E-state index contributed by atoms with van der Waals surface area (Å²) < 4.78 is 0. The van der Waals surface area contributed by atoms with Crippen molar-refractivity contribution in [1.29, 1.82) is 0 Å². The van der Waals surface area contributed by atoms with Gasteiger partial charge < -0.3 is 9.90 Å². The minimum atomic E-state index is 0.0800. The van der Waals surface area contributed by atoms with Gasteiger partial charge in [0.15, 0.2) is 0 Å². The van der Waals surface area contributed by atoms with Gasteiger partial charge in [0.05, 0.1) is 0 Å². The Morgan fingerprint density at radius 3 is 2.41 bits per heavy atom. The molecule has 1 atom stereocenters. The Balaban J connectivity index is 3.33. The lowest BCUT2D eigenvalue weighted by Gasteiger charge is -2.20. The third kappa shape index (κ3) is 2.87. The number of aromatic hydroxyl groups is 1. The third-order valence-electron chi connectivity index (χ3n) is 3.28. The molecule has 0 spiro atoms.